The Kier molecular flexibility index (Phi) is 6.52. The molecule has 0 spiro atoms. The van der Waals surface area contributed by atoms with Crippen molar-refractivity contribution in [2.75, 3.05) is 11.1 Å². The molecule has 2 aliphatic rings. The SMILES string of the molecule is CC[S+]([O-])c1cnc(CNc2nc3cnc(-c4c(C)ncnc4C4CC4)nc3n([C@@H](C)C3CC3)c2=O)cn1. The normalized spacial score (nSPS) is 16.9. The van der Waals surface area contributed by atoms with Crippen molar-refractivity contribution < 1.29 is 4.55 Å². The zero-order valence-corrected chi connectivity index (χ0v) is 22.4. The summed E-state index contributed by atoms with van der Waals surface area (Å²) in [6.07, 6.45) is 10.7. The number of hydrogen-bond acceptors (Lipinski definition) is 10. The van der Waals surface area contributed by atoms with Crippen molar-refractivity contribution in [1.82, 2.24) is 39.5 Å². The second kappa shape index (κ2) is 9.99. The van der Waals surface area contributed by atoms with Crippen molar-refractivity contribution in [1.29, 1.82) is 0 Å². The van der Waals surface area contributed by atoms with E-state index in [1.807, 2.05) is 13.8 Å². The van der Waals surface area contributed by atoms with Gasteiger partial charge in [-0.3, -0.25) is 14.3 Å². The van der Waals surface area contributed by atoms with Crippen molar-refractivity contribution >= 4 is 28.2 Å². The molecule has 0 aliphatic heterocycles. The molecule has 0 saturated heterocycles. The Hall–Kier alpha value is -3.51. The Labute approximate surface area is 222 Å². The summed E-state index contributed by atoms with van der Waals surface area (Å²) in [4.78, 5) is 45.4. The molecule has 2 saturated carbocycles. The average molecular weight is 532 g/mol. The fourth-order valence-electron chi connectivity index (χ4n) is 4.71. The van der Waals surface area contributed by atoms with Gasteiger partial charge in [-0.2, -0.15) is 0 Å². The number of anilines is 1. The molecule has 196 valence electrons. The van der Waals surface area contributed by atoms with E-state index in [9.17, 15) is 9.35 Å². The number of aryl methyl sites for hydroxylation is 1. The van der Waals surface area contributed by atoms with Gasteiger partial charge in [-0.25, -0.2) is 29.9 Å². The van der Waals surface area contributed by atoms with Gasteiger partial charge in [-0.15, -0.1) is 0 Å². The van der Waals surface area contributed by atoms with E-state index in [2.05, 4.69) is 42.1 Å². The zero-order valence-electron chi connectivity index (χ0n) is 21.6. The fourth-order valence-corrected chi connectivity index (χ4v) is 5.35. The molecular weight excluding hydrogens is 502 g/mol. The lowest BCUT2D eigenvalue weighted by Crippen LogP contribution is -2.29. The monoisotopic (exact) mass is 531 g/mol. The van der Waals surface area contributed by atoms with Crippen molar-refractivity contribution in [3.63, 3.8) is 0 Å². The summed E-state index contributed by atoms with van der Waals surface area (Å²) in [6, 6.07) is -0.0320. The van der Waals surface area contributed by atoms with Crippen LogP contribution in [0.25, 0.3) is 22.6 Å². The Morgan fingerprint density at radius 1 is 1.08 bits per heavy atom. The Bertz CT molecular complexity index is 1550. The predicted octanol–water partition coefficient (Wildman–Crippen LogP) is 3.33. The molecule has 38 heavy (non-hydrogen) atoms. The standard InChI is InChI=1S/C26H29N9O2S/c1-4-38(37)20-12-27-18(9-28-20)10-29-24-26(36)35(15(3)16-5-6-16)25-19(33-24)11-30-23(34-25)21-14(2)31-13-32-22(21)17-7-8-17/h9,11-13,15-17H,4-8,10H2,1-3H3,(H,29,33)/t15-,38?/m0/s1. The second-order valence-electron chi connectivity index (χ2n) is 9.94. The number of rotatable bonds is 9. The molecule has 2 aliphatic carbocycles. The first-order chi connectivity index (χ1) is 18.4. The molecule has 0 amide bonds. The summed E-state index contributed by atoms with van der Waals surface area (Å²) in [7, 11) is 0. The second-order valence-corrected chi connectivity index (χ2v) is 11.6. The number of hydrogen-bond donors (Lipinski definition) is 1. The van der Waals surface area contributed by atoms with Gasteiger partial charge in [0.15, 0.2) is 17.3 Å². The highest BCUT2D eigenvalue weighted by Gasteiger charge is 2.33. The molecule has 1 unspecified atom stereocenters. The lowest BCUT2D eigenvalue weighted by Gasteiger charge is -2.19. The van der Waals surface area contributed by atoms with Crippen molar-refractivity contribution in [3.8, 4) is 11.4 Å². The Morgan fingerprint density at radius 2 is 1.89 bits per heavy atom. The van der Waals surface area contributed by atoms with Crippen LogP contribution < -0.4 is 10.9 Å². The van der Waals surface area contributed by atoms with Gasteiger partial charge in [0, 0.05) is 23.1 Å². The van der Waals surface area contributed by atoms with Crippen LogP contribution in [0.2, 0.25) is 0 Å². The molecule has 1 N–H and O–H groups in total. The predicted molar refractivity (Wildman–Crippen MR) is 143 cm³/mol. The summed E-state index contributed by atoms with van der Waals surface area (Å²) in [6.45, 7) is 6.09. The molecule has 0 radical (unpaired) electrons. The van der Waals surface area contributed by atoms with Crippen molar-refractivity contribution in [2.45, 2.75) is 70.0 Å². The van der Waals surface area contributed by atoms with Crippen molar-refractivity contribution in [2.24, 2.45) is 5.92 Å². The lowest BCUT2D eigenvalue weighted by molar-refractivity contribution is 0.482. The molecule has 0 aromatic carbocycles. The van der Waals surface area contributed by atoms with E-state index < -0.39 is 11.2 Å². The number of nitrogens with one attached hydrogen (secondary N) is 1. The van der Waals surface area contributed by atoms with Gasteiger partial charge in [0.25, 0.3) is 10.6 Å². The van der Waals surface area contributed by atoms with Crippen LogP contribution in [0.15, 0.2) is 34.7 Å². The largest absolute Gasteiger partial charge is 0.610 e. The fraction of sp³-hybridized carbons (Fsp3) is 0.462. The summed E-state index contributed by atoms with van der Waals surface area (Å²) < 4.78 is 13.7. The molecule has 2 fully saturated rings. The summed E-state index contributed by atoms with van der Waals surface area (Å²) in [5.74, 6) is 2.04. The first-order valence-corrected chi connectivity index (χ1v) is 14.3. The van der Waals surface area contributed by atoms with Gasteiger partial charge >= 0.3 is 0 Å². The van der Waals surface area contributed by atoms with Gasteiger partial charge < -0.3 is 9.87 Å². The molecular formula is C26H29N9O2S. The molecule has 12 heteroatoms. The Balaban J connectivity index is 1.38. The van der Waals surface area contributed by atoms with Crippen LogP contribution in [0.4, 0.5) is 5.82 Å². The number of nitrogens with zero attached hydrogens (tertiary/aromatic N) is 8. The van der Waals surface area contributed by atoms with Gasteiger partial charge in [-0.1, -0.05) is 0 Å². The van der Waals surface area contributed by atoms with E-state index in [4.69, 9.17) is 4.98 Å². The van der Waals surface area contributed by atoms with E-state index in [1.54, 1.807) is 23.3 Å². The molecule has 2 atom stereocenters. The van der Waals surface area contributed by atoms with E-state index in [0.29, 0.717) is 45.3 Å². The van der Waals surface area contributed by atoms with Gasteiger partial charge in [0.05, 0.1) is 41.6 Å². The van der Waals surface area contributed by atoms with Crippen molar-refractivity contribution in [3.05, 3.63) is 52.4 Å². The third-order valence-corrected chi connectivity index (χ3v) is 8.41. The van der Waals surface area contributed by atoms with Gasteiger partial charge in [0.1, 0.15) is 23.8 Å². The maximum Gasteiger partial charge on any atom is 0.295 e. The lowest BCUT2D eigenvalue weighted by atomic mass is 10.1. The van der Waals surface area contributed by atoms with Gasteiger partial charge in [-0.05, 0) is 52.4 Å². The first kappa shape index (κ1) is 24.8. The summed E-state index contributed by atoms with van der Waals surface area (Å²) >= 11 is -1.16. The topological polar surface area (TPSA) is 147 Å². The first-order valence-electron chi connectivity index (χ1n) is 13.0. The number of aromatic nitrogens is 8. The third-order valence-electron chi connectivity index (χ3n) is 7.21. The van der Waals surface area contributed by atoms with E-state index in [0.717, 1.165) is 42.6 Å². The average Bonchev–Trinajstić information content (AvgIpc) is 3.84. The van der Waals surface area contributed by atoms with E-state index in [1.165, 1.54) is 6.20 Å². The quantitative estimate of drug-likeness (QED) is 0.319. The Morgan fingerprint density at radius 3 is 2.58 bits per heavy atom. The molecule has 0 bridgehead atoms. The molecule has 4 heterocycles. The van der Waals surface area contributed by atoms with Crippen LogP contribution in [-0.4, -0.2) is 49.8 Å². The summed E-state index contributed by atoms with van der Waals surface area (Å²) in [5.41, 5.74) is 4.08. The van der Waals surface area contributed by atoms with E-state index >= 15 is 0 Å². The zero-order chi connectivity index (χ0) is 26.4. The van der Waals surface area contributed by atoms with Crippen LogP contribution in [-0.2, 0) is 17.7 Å². The minimum atomic E-state index is -1.16. The highest BCUT2D eigenvalue weighted by molar-refractivity contribution is 7.91. The van der Waals surface area contributed by atoms with Crippen LogP contribution >= 0.6 is 0 Å². The van der Waals surface area contributed by atoms with Crippen LogP contribution in [0.5, 0.6) is 0 Å². The van der Waals surface area contributed by atoms with Gasteiger partial charge in [0.2, 0.25) is 0 Å². The van der Waals surface area contributed by atoms with Crippen LogP contribution in [0.1, 0.15) is 68.6 Å². The maximum absolute atomic E-state index is 13.7. The van der Waals surface area contributed by atoms with E-state index in [-0.39, 0.29) is 24.0 Å². The van der Waals surface area contributed by atoms with Crippen LogP contribution in [0, 0.1) is 12.8 Å². The maximum atomic E-state index is 13.7. The number of fused-ring (bicyclic) bond motifs is 1. The highest BCUT2D eigenvalue weighted by Crippen LogP contribution is 2.43. The third kappa shape index (κ3) is 4.73. The minimum absolute atomic E-state index is 0.0320. The minimum Gasteiger partial charge on any atom is -0.610 e. The summed E-state index contributed by atoms with van der Waals surface area (Å²) in [5, 5.41) is 3.57. The molecule has 6 rings (SSSR count). The smallest absolute Gasteiger partial charge is 0.295 e. The molecule has 4 aromatic rings. The molecule has 4 aromatic heterocycles. The molecule has 11 nitrogen and oxygen atoms in total. The highest BCUT2D eigenvalue weighted by atomic mass is 32.2. The van der Waals surface area contributed by atoms with Crippen LogP contribution in [0.3, 0.4) is 0 Å².